The number of para-hydroxylation sites is 1. The molecule has 7 heteroatoms. The Kier molecular flexibility index (Phi) is 6.05. The summed E-state index contributed by atoms with van der Waals surface area (Å²) in [4.78, 5) is 0. The summed E-state index contributed by atoms with van der Waals surface area (Å²) in [6.07, 6.45) is 5.73. The van der Waals surface area contributed by atoms with Gasteiger partial charge in [0, 0.05) is 19.5 Å². The van der Waals surface area contributed by atoms with E-state index in [2.05, 4.69) is 5.10 Å². The van der Waals surface area contributed by atoms with Crippen molar-refractivity contribution in [2.24, 2.45) is 5.10 Å². The van der Waals surface area contributed by atoms with Crippen molar-refractivity contribution in [2.45, 2.75) is 25.1 Å². The maximum absolute atomic E-state index is 11.5. The average Bonchev–Trinajstić information content (AvgIpc) is 2.57. The molecular weight excluding hydrogens is 326 g/mol. The second-order valence-electron chi connectivity index (χ2n) is 5.42. The average molecular weight is 347 g/mol. The summed E-state index contributed by atoms with van der Waals surface area (Å²) in [7, 11) is -2.59. The lowest BCUT2D eigenvalue weighted by Gasteiger charge is -2.15. The first-order valence-electron chi connectivity index (χ1n) is 7.70. The SMILES string of the molecule is CCCC([n+]1cccc(C=NN(C)c2ccccc2)c1)S(=O)(=O)[O-]. The van der Waals surface area contributed by atoms with Crippen LogP contribution >= 0.6 is 0 Å². The van der Waals surface area contributed by atoms with Crippen molar-refractivity contribution in [3.63, 3.8) is 0 Å². The van der Waals surface area contributed by atoms with Crippen LogP contribution < -0.4 is 9.58 Å². The van der Waals surface area contributed by atoms with E-state index in [9.17, 15) is 13.0 Å². The fourth-order valence-electron chi connectivity index (χ4n) is 2.32. The molecule has 2 rings (SSSR count). The molecule has 0 saturated carbocycles. The Morgan fingerprint density at radius 2 is 1.96 bits per heavy atom. The van der Waals surface area contributed by atoms with E-state index in [1.54, 1.807) is 35.7 Å². The zero-order valence-electron chi connectivity index (χ0n) is 13.7. The summed E-state index contributed by atoms with van der Waals surface area (Å²) >= 11 is 0. The Balaban J connectivity index is 2.22. The largest absolute Gasteiger partial charge is 0.743 e. The Morgan fingerprint density at radius 3 is 2.58 bits per heavy atom. The van der Waals surface area contributed by atoms with Crippen molar-refractivity contribution in [1.29, 1.82) is 0 Å². The number of hydrazone groups is 1. The summed E-state index contributed by atoms with van der Waals surface area (Å²) in [5.41, 5.74) is 1.65. The van der Waals surface area contributed by atoms with E-state index < -0.39 is 15.5 Å². The first kappa shape index (κ1) is 18.1. The summed E-state index contributed by atoms with van der Waals surface area (Å²) in [5, 5.41) is 4.96. The zero-order chi connectivity index (χ0) is 17.6. The maximum atomic E-state index is 11.5. The van der Waals surface area contributed by atoms with Gasteiger partial charge in [0.15, 0.2) is 22.5 Å². The van der Waals surface area contributed by atoms with Gasteiger partial charge in [0.25, 0.3) is 0 Å². The van der Waals surface area contributed by atoms with Crippen LogP contribution in [0.3, 0.4) is 0 Å². The van der Waals surface area contributed by atoms with Crippen molar-refractivity contribution >= 4 is 22.0 Å². The number of hydrogen-bond acceptors (Lipinski definition) is 5. The molecule has 0 radical (unpaired) electrons. The molecule has 128 valence electrons. The minimum Gasteiger partial charge on any atom is -0.743 e. The van der Waals surface area contributed by atoms with Crippen molar-refractivity contribution in [1.82, 2.24) is 0 Å². The van der Waals surface area contributed by atoms with Crippen LogP contribution in [0, 0.1) is 0 Å². The molecule has 0 fully saturated rings. The Hall–Kier alpha value is -2.25. The Labute approximate surface area is 142 Å². The number of pyridine rings is 1. The van der Waals surface area contributed by atoms with Gasteiger partial charge < -0.3 is 4.55 Å². The van der Waals surface area contributed by atoms with Gasteiger partial charge in [-0.05, 0) is 24.6 Å². The van der Waals surface area contributed by atoms with Crippen molar-refractivity contribution in [2.75, 3.05) is 12.1 Å². The first-order valence-corrected chi connectivity index (χ1v) is 9.17. The molecule has 0 aliphatic carbocycles. The Morgan fingerprint density at radius 1 is 1.25 bits per heavy atom. The smallest absolute Gasteiger partial charge is 0.245 e. The highest BCUT2D eigenvalue weighted by Crippen LogP contribution is 2.13. The summed E-state index contributed by atoms with van der Waals surface area (Å²) in [5.74, 6) is 0. The Bertz CT molecular complexity index is 792. The molecule has 1 aromatic heterocycles. The molecule has 0 aliphatic heterocycles. The minimum absolute atomic E-state index is 0.279. The van der Waals surface area contributed by atoms with Crippen LogP contribution in [0.15, 0.2) is 60.0 Å². The van der Waals surface area contributed by atoms with Crippen molar-refractivity contribution in [3.8, 4) is 0 Å². The van der Waals surface area contributed by atoms with Gasteiger partial charge in [-0.25, -0.2) is 8.42 Å². The highest BCUT2D eigenvalue weighted by molar-refractivity contribution is 7.85. The second-order valence-corrected chi connectivity index (χ2v) is 6.95. The van der Waals surface area contributed by atoms with Gasteiger partial charge in [-0.2, -0.15) is 9.67 Å². The lowest BCUT2D eigenvalue weighted by molar-refractivity contribution is -0.703. The van der Waals surface area contributed by atoms with Crippen LogP contribution in [0.25, 0.3) is 0 Å². The summed E-state index contributed by atoms with van der Waals surface area (Å²) in [6, 6.07) is 13.2. The van der Waals surface area contributed by atoms with Gasteiger partial charge in [0.2, 0.25) is 5.37 Å². The van der Waals surface area contributed by atoms with E-state index in [0.29, 0.717) is 12.0 Å². The van der Waals surface area contributed by atoms with E-state index in [-0.39, 0.29) is 6.42 Å². The third-order valence-electron chi connectivity index (χ3n) is 3.56. The topological polar surface area (TPSA) is 76.7 Å². The second kappa shape index (κ2) is 8.03. The lowest BCUT2D eigenvalue weighted by Crippen LogP contribution is -2.43. The third kappa shape index (κ3) is 4.87. The molecule has 1 atom stereocenters. The fraction of sp³-hybridized carbons (Fsp3) is 0.294. The highest BCUT2D eigenvalue weighted by Gasteiger charge is 2.24. The summed E-state index contributed by atoms with van der Waals surface area (Å²) in [6.45, 7) is 1.85. The van der Waals surface area contributed by atoms with Crippen LogP contribution in [0.5, 0.6) is 0 Å². The molecular formula is C17H21N3O3S. The quantitative estimate of drug-likeness (QED) is 0.333. The molecule has 0 bridgehead atoms. The van der Waals surface area contributed by atoms with Crippen LogP contribution in [0.1, 0.15) is 30.7 Å². The van der Waals surface area contributed by atoms with Crippen LogP contribution in [-0.2, 0) is 10.1 Å². The zero-order valence-corrected chi connectivity index (χ0v) is 14.6. The predicted octanol–water partition coefficient (Wildman–Crippen LogP) is 2.29. The number of anilines is 1. The predicted molar refractivity (Wildman–Crippen MR) is 92.7 cm³/mol. The number of aromatic nitrogens is 1. The molecule has 0 saturated heterocycles. The molecule has 1 heterocycles. The van der Waals surface area contributed by atoms with Crippen LogP contribution in [0.4, 0.5) is 5.69 Å². The molecule has 1 unspecified atom stereocenters. The van der Waals surface area contributed by atoms with E-state index in [0.717, 1.165) is 5.69 Å². The van der Waals surface area contributed by atoms with Gasteiger partial charge >= 0.3 is 0 Å². The van der Waals surface area contributed by atoms with Crippen molar-refractivity contribution < 1.29 is 17.5 Å². The first-order chi connectivity index (χ1) is 11.4. The van der Waals surface area contributed by atoms with E-state index in [1.165, 1.54) is 4.57 Å². The highest BCUT2D eigenvalue weighted by atomic mass is 32.2. The molecule has 1 aromatic carbocycles. The minimum atomic E-state index is -4.41. The van der Waals surface area contributed by atoms with Gasteiger partial charge in [-0.1, -0.05) is 25.1 Å². The van der Waals surface area contributed by atoms with Gasteiger partial charge in [0.1, 0.15) is 0 Å². The molecule has 0 N–H and O–H groups in total. The molecule has 0 amide bonds. The van der Waals surface area contributed by atoms with E-state index in [4.69, 9.17) is 0 Å². The fourth-order valence-corrected chi connectivity index (χ4v) is 3.27. The monoisotopic (exact) mass is 347 g/mol. The maximum Gasteiger partial charge on any atom is 0.245 e. The molecule has 6 nitrogen and oxygen atoms in total. The number of benzene rings is 1. The molecule has 0 spiro atoms. The van der Waals surface area contributed by atoms with E-state index in [1.807, 2.05) is 44.3 Å². The number of hydrogen-bond donors (Lipinski definition) is 0. The summed E-state index contributed by atoms with van der Waals surface area (Å²) < 4.78 is 35.8. The van der Waals surface area contributed by atoms with Crippen molar-refractivity contribution in [3.05, 3.63) is 60.4 Å². The lowest BCUT2D eigenvalue weighted by atomic mass is 10.3. The van der Waals surface area contributed by atoms with Gasteiger partial charge in [-0.15, -0.1) is 0 Å². The number of nitrogens with zero attached hydrogens (tertiary/aromatic N) is 3. The molecule has 0 aliphatic rings. The third-order valence-corrected chi connectivity index (χ3v) is 4.70. The van der Waals surface area contributed by atoms with Gasteiger partial charge in [0.05, 0.1) is 17.5 Å². The number of rotatable bonds is 7. The van der Waals surface area contributed by atoms with E-state index >= 15 is 0 Å². The molecule has 24 heavy (non-hydrogen) atoms. The molecule has 2 aromatic rings. The van der Waals surface area contributed by atoms with Crippen LogP contribution in [-0.4, -0.2) is 26.2 Å². The van der Waals surface area contributed by atoms with Gasteiger partial charge in [-0.3, -0.25) is 5.01 Å². The normalized spacial score (nSPS) is 13.1. The standard InChI is InChI=1S/C17H21N3O3S/c1-3-8-17(24(21,22)23)20-12-7-9-15(14-20)13-18-19(2)16-10-5-4-6-11-16/h4-7,9-14,17H,3,8H2,1-2H3. The van der Waals surface area contributed by atoms with Crippen LogP contribution in [0.2, 0.25) is 0 Å².